The van der Waals surface area contributed by atoms with Gasteiger partial charge in [0, 0.05) is 6.07 Å². The standard InChI is InChI=1S/C9H14N2O3/c1-3-7(5-12)10-9(13)8-4-6(2)14-11-8/h4,7,12H,3,5H2,1-2H3,(H,10,13)/t7-/m1/s1. The molecule has 78 valence electrons. The molecule has 0 aliphatic carbocycles. The molecule has 1 aromatic heterocycles. The molecule has 5 nitrogen and oxygen atoms in total. The van der Waals surface area contributed by atoms with Gasteiger partial charge in [-0.25, -0.2) is 0 Å². The number of hydrogen-bond acceptors (Lipinski definition) is 4. The van der Waals surface area contributed by atoms with Gasteiger partial charge in [-0.15, -0.1) is 0 Å². The number of nitrogens with one attached hydrogen (secondary N) is 1. The molecule has 1 amide bonds. The van der Waals surface area contributed by atoms with Crippen LogP contribution in [0.5, 0.6) is 0 Å². The molecule has 1 heterocycles. The van der Waals surface area contributed by atoms with Gasteiger partial charge in [0.05, 0.1) is 12.6 Å². The molecule has 0 saturated carbocycles. The predicted octanol–water partition coefficient (Wildman–Crippen LogP) is 0.484. The van der Waals surface area contributed by atoms with Gasteiger partial charge < -0.3 is 14.9 Å². The Morgan fingerprint density at radius 2 is 2.50 bits per heavy atom. The quantitative estimate of drug-likeness (QED) is 0.738. The molecule has 1 aromatic rings. The molecule has 0 bridgehead atoms. The number of aromatic nitrogens is 1. The minimum atomic E-state index is -0.317. The number of carbonyl (C=O) groups excluding carboxylic acids is 1. The van der Waals surface area contributed by atoms with E-state index in [1.165, 1.54) is 0 Å². The Hall–Kier alpha value is -1.36. The maximum Gasteiger partial charge on any atom is 0.273 e. The van der Waals surface area contributed by atoms with E-state index in [4.69, 9.17) is 9.63 Å². The molecule has 0 aliphatic rings. The SMILES string of the molecule is CC[C@H](CO)NC(=O)c1cc(C)on1. The van der Waals surface area contributed by atoms with Crippen LogP contribution in [0.2, 0.25) is 0 Å². The van der Waals surface area contributed by atoms with Crippen LogP contribution in [-0.4, -0.2) is 28.8 Å². The van der Waals surface area contributed by atoms with E-state index in [0.29, 0.717) is 12.2 Å². The highest BCUT2D eigenvalue weighted by molar-refractivity contribution is 5.92. The van der Waals surface area contributed by atoms with Gasteiger partial charge >= 0.3 is 0 Å². The topological polar surface area (TPSA) is 75.4 Å². The molecule has 0 unspecified atom stereocenters. The third-order valence-corrected chi connectivity index (χ3v) is 1.91. The van der Waals surface area contributed by atoms with Crippen LogP contribution in [0.3, 0.4) is 0 Å². The van der Waals surface area contributed by atoms with Crippen LogP contribution in [0.1, 0.15) is 29.6 Å². The van der Waals surface area contributed by atoms with Crippen LogP contribution in [-0.2, 0) is 0 Å². The third kappa shape index (κ3) is 2.56. The number of nitrogens with zero attached hydrogens (tertiary/aromatic N) is 1. The fraction of sp³-hybridized carbons (Fsp3) is 0.556. The Morgan fingerprint density at radius 3 is 2.93 bits per heavy atom. The number of aryl methyl sites for hydroxylation is 1. The molecule has 1 rings (SSSR count). The van der Waals surface area contributed by atoms with Crippen molar-refractivity contribution in [3.05, 3.63) is 17.5 Å². The van der Waals surface area contributed by atoms with Gasteiger partial charge in [-0.05, 0) is 13.3 Å². The van der Waals surface area contributed by atoms with Crippen LogP contribution < -0.4 is 5.32 Å². The van der Waals surface area contributed by atoms with Crippen molar-refractivity contribution in [3.8, 4) is 0 Å². The van der Waals surface area contributed by atoms with E-state index in [-0.39, 0.29) is 24.2 Å². The van der Waals surface area contributed by atoms with Crippen LogP contribution in [0.4, 0.5) is 0 Å². The van der Waals surface area contributed by atoms with Crippen LogP contribution in [0, 0.1) is 6.92 Å². The highest BCUT2D eigenvalue weighted by Crippen LogP contribution is 2.02. The monoisotopic (exact) mass is 198 g/mol. The van der Waals surface area contributed by atoms with Crippen LogP contribution in [0.15, 0.2) is 10.6 Å². The zero-order valence-electron chi connectivity index (χ0n) is 8.28. The average Bonchev–Trinajstić information content (AvgIpc) is 2.61. The van der Waals surface area contributed by atoms with E-state index in [9.17, 15) is 4.79 Å². The van der Waals surface area contributed by atoms with E-state index in [2.05, 4.69) is 10.5 Å². The molecule has 0 spiro atoms. The third-order valence-electron chi connectivity index (χ3n) is 1.91. The first kappa shape index (κ1) is 10.7. The fourth-order valence-corrected chi connectivity index (χ4v) is 1.01. The van der Waals surface area contributed by atoms with Crippen molar-refractivity contribution in [2.24, 2.45) is 0 Å². The highest BCUT2D eigenvalue weighted by atomic mass is 16.5. The second-order valence-electron chi connectivity index (χ2n) is 3.08. The van der Waals surface area contributed by atoms with Gasteiger partial charge in [0.15, 0.2) is 5.69 Å². The van der Waals surface area contributed by atoms with Crippen molar-refractivity contribution in [1.29, 1.82) is 0 Å². The predicted molar refractivity (Wildman–Crippen MR) is 49.9 cm³/mol. The average molecular weight is 198 g/mol. The molecule has 2 N–H and O–H groups in total. The highest BCUT2D eigenvalue weighted by Gasteiger charge is 2.14. The Labute approximate surface area is 82.1 Å². The number of aliphatic hydroxyl groups is 1. The largest absolute Gasteiger partial charge is 0.394 e. The summed E-state index contributed by atoms with van der Waals surface area (Å²) in [5, 5.41) is 15.1. The van der Waals surface area contributed by atoms with Crippen molar-refractivity contribution in [2.75, 3.05) is 6.61 Å². The van der Waals surface area contributed by atoms with Crippen molar-refractivity contribution >= 4 is 5.91 Å². The summed E-state index contributed by atoms with van der Waals surface area (Å²) in [6.45, 7) is 3.53. The minimum Gasteiger partial charge on any atom is -0.394 e. The lowest BCUT2D eigenvalue weighted by Crippen LogP contribution is -2.37. The lowest BCUT2D eigenvalue weighted by Gasteiger charge is -2.11. The van der Waals surface area contributed by atoms with Gasteiger partial charge in [0.25, 0.3) is 5.91 Å². The number of carbonyl (C=O) groups is 1. The van der Waals surface area contributed by atoms with Crippen LogP contribution >= 0.6 is 0 Å². The second-order valence-corrected chi connectivity index (χ2v) is 3.08. The molecule has 1 atom stereocenters. The summed E-state index contributed by atoms with van der Waals surface area (Å²) < 4.78 is 4.76. The first-order valence-electron chi connectivity index (χ1n) is 4.52. The summed E-state index contributed by atoms with van der Waals surface area (Å²) in [6.07, 6.45) is 0.680. The molecule has 0 aromatic carbocycles. The molecule has 5 heteroatoms. The molecule has 0 saturated heterocycles. The normalized spacial score (nSPS) is 12.5. The first-order chi connectivity index (χ1) is 6.67. The number of aliphatic hydroxyl groups excluding tert-OH is 1. The maximum absolute atomic E-state index is 11.4. The molecule has 0 radical (unpaired) electrons. The van der Waals surface area contributed by atoms with E-state index in [1.54, 1.807) is 13.0 Å². The summed E-state index contributed by atoms with van der Waals surface area (Å²) in [7, 11) is 0. The van der Waals surface area contributed by atoms with Gasteiger partial charge in [0.1, 0.15) is 5.76 Å². The summed E-state index contributed by atoms with van der Waals surface area (Å²) in [6, 6.07) is 1.33. The van der Waals surface area contributed by atoms with Gasteiger partial charge in [-0.3, -0.25) is 4.79 Å². The van der Waals surface area contributed by atoms with Crippen molar-refractivity contribution < 1.29 is 14.4 Å². The second kappa shape index (κ2) is 4.76. The van der Waals surface area contributed by atoms with Crippen molar-refractivity contribution in [2.45, 2.75) is 26.3 Å². The number of hydrogen-bond donors (Lipinski definition) is 2. The zero-order chi connectivity index (χ0) is 10.6. The Morgan fingerprint density at radius 1 is 1.79 bits per heavy atom. The summed E-state index contributed by atoms with van der Waals surface area (Å²) in [5.74, 6) is 0.273. The Balaban J connectivity index is 2.58. The van der Waals surface area contributed by atoms with Gasteiger partial charge in [-0.2, -0.15) is 0 Å². The maximum atomic E-state index is 11.4. The smallest absolute Gasteiger partial charge is 0.273 e. The van der Waals surface area contributed by atoms with Crippen molar-refractivity contribution in [1.82, 2.24) is 10.5 Å². The van der Waals surface area contributed by atoms with Crippen LogP contribution in [0.25, 0.3) is 0 Å². The minimum absolute atomic E-state index is 0.0704. The molecular weight excluding hydrogens is 184 g/mol. The summed E-state index contributed by atoms with van der Waals surface area (Å²) in [4.78, 5) is 11.4. The van der Waals surface area contributed by atoms with E-state index < -0.39 is 0 Å². The first-order valence-corrected chi connectivity index (χ1v) is 4.52. The zero-order valence-corrected chi connectivity index (χ0v) is 8.28. The lowest BCUT2D eigenvalue weighted by atomic mass is 10.2. The molecule has 0 fully saturated rings. The molecular formula is C9H14N2O3. The fourth-order valence-electron chi connectivity index (χ4n) is 1.01. The van der Waals surface area contributed by atoms with E-state index in [1.807, 2.05) is 6.92 Å². The number of rotatable bonds is 4. The summed E-state index contributed by atoms with van der Waals surface area (Å²) in [5.41, 5.74) is 0.245. The Bertz CT molecular complexity index is 305. The summed E-state index contributed by atoms with van der Waals surface area (Å²) >= 11 is 0. The Kier molecular flexibility index (Phi) is 3.64. The van der Waals surface area contributed by atoms with Gasteiger partial charge in [0.2, 0.25) is 0 Å². The van der Waals surface area contributed by atoms with E-state index in [0.717, 1.165) is 0 Å². The van der Waals surface area contributed by atoms with E-state index >= 15 is 0 Å². The molecule has 0 aliphatic heterocycles. The number of amides is 1. The van der Waals surface area contributed by atoms with Gasteiger partial charge in [-0.1, -0.05) is 12.1 Å². The lowest BCUT2D eigenvalue weighted by molar-refractivity contribution is 0.0905. The molecule has 14 heavy (non-hydrogen) atoms. The van der Waals surface area contributed by atoms with Crippen molar-refractivity contribution in [3.63, 3.8) is 0 Å².